The van der Waals surface area contributed by atoms with Crippen molar-refractivity contribution in [3.8, 4) is 0 Å². The molecule has 0 amide bonds. The van der Waals surface area contributed by atoms with Crippen LogP contribution in [-0.2, 0) is 21.7 Å². The first kappa shape index (κ1) is 30.0. The molecule has 0 rings (SSSR count). The molecule has 16 heavy (non-hydrogen) atoms. The maximum atomic E-state index is 8.06. The van der Waals surface area contributed by atoms with Gasteiger partial charge in [0.2, 0.25) is 0 Å². The quantitative estimate of drug-likeness (QED) is 0.588. The molecule has 0 aromatic heterocycles. The molecule has 0 aliphatic heterocycles. The van der Waals surface area contributed by atoms with Crippen molar-refractivity contribution in [2.45, 2.75) is 59.9 Å². The second-order valence-corrected chi connectivity index (χ2v) is 3.73. The Hall–Kier alpha value is 0.554. The van der Waals surface area contributed by atoms with Crippen molar-refractivity contribution in [2.24, 2.45) is 0 Å². The third-order valence-corrected chi connectivity index (χ3v) is 0. The van der Waals surface area contributed by atoms with E-state index in [9.17, 15) is 0 Å². The number of nitrogens with zero attached hydrogens (tertiary/aromatic N) is 1. The average Bonchev–Trinajstić information content (AvgIpc) is 1.81. The molecule has 0 aromatic carbocycles. The van der Waals surface area contributed by atoms with Crippen molar-refractivity contribution in [2.75, 3.05) is 14.1 Å². The summed E-state index contributed by atoms with van der Waals surface area (Å²) in [7, 11) is 3.50. The van der Waals surface area contributed by atoms with Crippen LogP contribution in [0.3, 0.4) is 0 Å². The molecule has 4 nitrogen and oxygen atoms in total. The van der Waals surface area contributed by atoms with Gasteiger partial charge in [0.15, 0.2) is 0 Å². The largest absolute Gasteiger partial charge is 0.668 e. The molecule has 0 unspecified atom stereocenters. The zero-order valence-corrected chi connectivity index (χ0v) is 13.6. The predicted molar refractivity (Wildman–Crippen MR) is 67.3 cm³/mol. The maximum Gasteiger partial charge on any atom is 0.0483 e. The van der Waals surface area contributed by atoms with E-state index in [4.69, 9.17) is 15.3 Å². The molecule has 5 heteroatoms. The molecule has 3 N–H and O–H groups in total. The topological polar surface area (TPSA) is 74.8 Å². The van der Waals surface area contributed by atoms with E-state index in [1.807, 2.05) is 0 Å². The zero-order valence-electron chi connectivity index (χ0n) is 12.0. The van der Waals surface area contributed by atoms with Gasteiger partial charge in [-0.1, -0.05) is 0 Å². The van der Waals surface area contributed by atoms with Crippen LogP contribution in [0.4, 0.5) is 0 Å². The van der Waals surface area contributed by atoms with Gasteiger partial charge in [0.05, 0.1) is 0 Å². The number of aliphatic hydroxyl groups excluding tert-OH is 3. The molecule has 102 valence electrons. The van der Waals surface area contributed by atoms with Crippen LogP contribution in [0.5, 0.6) is 0 Å². The third kappa shape index (κ3) is 8700. The molecule has 0 heterocycles. The Kier molecular flexibility index (Phi) is 55.5. The molecule has 0 radical (unpaired) electrons. The van der Waals surface area contributed by atoms with E-state index in [2.05, 4.69) is 5.32 Å². The fraction of sp³-hybridized carbons (Fsp3) is 1.00. The Morgan fingerprint density at radius 1 is 0.625 bits per heavy atom. The Bertz CT molecular complexity index is 59.1. The molecule has 0 saturated carbocycles. The van der Waals surface area contributed by atoms with Crippen LogP contribution < -0.4 is 0 Å². The number of aliphatic hydroxyl groups is 3. The van der Waals surface area contributed by atoms with Gasteiger partial charge in [0.1, 0.15) is 0 Å². The molecular weight excluding hydrogens is 242 g/mol. The van der Waals surface area contributed by atoms with Gasteiger partial charge in [0.25, 0.3) is 0 Å². The second-order valence-electron chi connectivity index (χ2n) is 3.73. The van der Waals surface area contributed by atoms with Crippen LogP contribution in [-0.4, -0.2) is 47.7 Å². The van der Waals surface area contributed by atoms with Gasteiger partial charge in [-0.2, -0.15) is 14.1 Å². The fourth-order valence-corrected chi connectivity index (χ4v) is 0. The Morgan fingerprint density at radius 3 is 0.625 bits per heavy atom. The Morgan fingerprint density at radius 2 is 0.625 bits per heavy atom. The van der Waals surface area contributed by atoms with Crippen LogP contribution in [0.25, 0.3) is 5.32 Å². The summed E-state index contributed by atoms with van der Waals surface area (Å²) in [6, 6.07) is 0. The van der Waals surface area contributed by atoms with Crippen LogP contribution in [0.15, 0.2) is 0 Å². The van der Waals surface area contributed by atoms with Gasteiger partial charge in [-0.05, 0) is 41.5 Å². The molecule has 0 spiro atoms. The van der Waals surface area contributed by atoms with E-state index in [1.54, 1.807) is 55.6 Å². The van der Waals surface area contributed by atoms with Crippen molar-refractivity contribution in [3.63, 3.8) is 0 Å². The first-order chi connectivity index (χ1) is 6.61. The normalized spacial score (nSPS) is 7.88. The predicted octanol–water partition coefficient (Wildman–Crippen LogP) is 1.78. The summed E-state index contributed by atoms with van der Waals surface area (Å²) < 4.78 is 0. The minimum Gasteiger partial charge on any atom is -0.668 e. The first-order valence-corrected chi connectivity index (χ1v) is 5.13. The van der Waals surface area contributed by atoms with Crippen molar-refractivity contribution in [1.29, 1.82) is 0 Å². The van der Waals surface area contributed by atoms with Crippen molar-refractivity contribution in [1.82, 2.24) is 0 Å². The maximum absolute atomic E-state index is 8.06. The summed E-state index contributed by atoms with van der Waals surface area (Å²) in [6.07, 6.45) is -0.500. The fourth-order valence-electron chi connectivity index (χ4n) is 0. The monoisotopic (exact) mass is 272 g/mol. The number of rotatable bonds is 0. The molecule has 0 aliphatic carbocycles. The zero-order chi connectivity index (χ0) is 13.4. The second kappa shape index (κ2) is 29.6. The van der Waals surface area contributed by atoms with E-state index in [1.165, 1.54) is 0 Å². The van der Waals surface area contributed by atoms with Gasteiger partial charge in [-0.15, -0.1) is 0 Å². The number of hydrogen-bond acceptors (Lipinski definition) is 3. The van der Waals surface area contributed by atoms with Gasteiger partial charge in [-0.25, -0.2) is 0 Å². The Balaban J connectivity index is -0.0000000331. The van der Waals surface area contributed by atoms with E-state index in [0.717, 1.165) is 0 Å². The molecule has 0 aromatic rings. The van der Waals surface area contributed by atoms with Crippen molar-refractivity contribution < 1.29 is 37.0 Å². The van der Waals surface area contributed by atoms with Gasteiger partial charge >= 0.3 is 0 Å². The van der Waals surface area contributed by atoms with Crippen LogP contribution in [0.2, 0.25) is 0 Å². The average molecular weight is 272 g/mol. The van der Waals surface area contributed by atoms with Gasteiger partial charge in [-0.3, -0.25) is 0 Å². The summed E-state index contributed by atoms with van der Waals surface area (Å²) in [4.78, 5) is 0. The summed E-state index contributed by atoms with van der Waals surface area (Å²) in [5, 5.41) is 27.7. The van der Waals surface area contributed by atoms with Crippen molar-refractivity contribution >= 4 is 0 Å². The standard InChI is InChI=1S/3C3H8O.C2H6N.Ti/c3*1-3(2)4;1-3-2;/h3*3-4H,1-2H3;1-2H3;/q;;;-1;. The number of hydrogen-bond donors (Lipinski definition) is 3. The summed E-state index contributed by atoms with van der Waals surface area (Å²) in [5.41, 5.74) is 0. The van der Waals surface area contributed by atoms with E-state index in [-0.39, 0.29) is 40.0 Å². The molecule has 0 fully saturated rings. The smallest absolute Gasteiger partial charge is 0.0483 e. The SMILES string of the molecule is CC(C)O.CC(C)O.CC(C)O.C[N-]C.[Ti]. The molecule has 0 bridgehead atoms. The van der Waals surface area contributed by atoms with Crippen molar-refractivity contribution in [3.05, 3.63) is 5.32 Å². The van der Waals surface area contributed by atoms with E-state index in [0.29, 0.717) is 0 Å². The summed E-state index contributed by atoms with van der Waals surface area (Å²) in [5.74, 6) is 0. The molecule has 0 aliphatic rings. The molecule has 0 saturated heterocycles. The summed E-state index contributed by atoms with van der Waals surface area (Å²) >= 11 is 0. The first-order valence-electron chi connectivity index (χ1n) is 5.13. The van der Waals surface area contributed by atoms with Crippen LogP contribution >= 0.6 is 0 Å². The van der Waals surface area contributed by atoms with E-state index >= 15 is 0 Å². The minimum absolute atomic E-state index is 0. The van der Waals surface area contributed by atoms with Crippen LogP contribution in [0.1, 0.15) is 41.5 Å². The van der Waals surface area contributed by atoms with Gasteiger partial charge < -0.3 is 20.6 Å². The molecular formula is C11H30NO3Ti-. The minimum atomic E-state index is -0.167. The van der Waals surface area contributed by atoms with Crippen LogP contribution in [0, 0.1) is 0 Å². The summed E-state index contributed by atoms with van der Waals surface area (Å²) in [6.45, 7) is 10.3. The van der Waals surface area contributed by atoms with E-state index < -0.39 is 0 Å². The third-order valence-electron chi connectivity index (χ3n) is 0. The van der Waals surface area contributed by atoms with Gasteiger partial charge in [0, 0.05) is 40.0 Å². The molecule has 0 atom stereocenters. The Labute approximate surface area is 116 Å².